The number of fused-ring (bicyclic) bond motifs is 1. The Morgan fingerprint density at radius 2 is 2.28 bits per heavy atom. The highest BCUT2D eigenvalue weighted by molar-refractivity contribution is 5.77. The van der Waals surface area contributed by atoms with E-state index in [4.69, 9.17) is 9.52 Å². The highest BCUT2D eigenvalue weighted by Gasteiger charge is 2.05. The molecule has 0 unspecified atom stereocenters. The largest absolute Gasteiger partial charge is 0.481 e. The molecule has 1 N–H and O–H groups in total. The van der Waals surface area contributed by atoms with Crippen LogP contribution in [0.1, 0.15) is 19.3 Å². The lowest BCUT2D eigenvalue weighted by Crippen LogP contribution is -2.18. The van der Waals surface area contributed by atoms with Crippen LogP contribution in [0.5, 0.6) is 0 Å². The van der Waals surface area contributed by atoms with Gasteiger partial charge in [0.1, 0.15) is 5.52 Å². The first-order valence-corrected chi connectivity index (χ1v) is 5.93. The lowest BCUT2D eigenvalue weighted by atomic mass is 10.2. The lowest BCUT2D eigenvalue weighted by Gasteiger charge is -2.18. The summed E-state index contributed by atoms with van der Waals surface area (Å²) in [6.45, 7) is 0.826. The van der Waals surface area contributed by atoms with Gasteiger partial charge in [-0.3, -0.25) is 4.79 Å². The monoisotopic (exact) mass is 248 g/mol. The number of unbranched alkanes of at least 4 members (excludes halogenated alkanes) is 1. The van der Waals surface area contributed by atoms with E-state index in [9.17, 15) is 4.79 Å². The Kier molecular flexibility index (Phi) is 3.82. The van der Waals surface area contributed by atoms with E-state index >= 15 is 0 Å². The number of anilines is 1. The molecule has 0 bridgehead atoms. The number of aliphatic carboxylic acids is 1. The quantitative estimate of drug-likeness (QED) is 0.796. The minimum atomic E-state index is -0.735. The molecule has 0 radical (unpaired) electrons. The SMILES string of the molecule is CN(CCCCC(=O)O)c1ccc2ncoc2c1. The molecule has 0 aliphatic heterocycles. The fraction of sp³-hybridized carbons (Fsp3) is 0.385. The molecule has 0 aliphatic carbocycles. The Bertz CT molecular complexity index is 536. The minimum Gasteiger partial charge on any atom is -0.481 e. The molecule has 2 aromatic rings. The molecule has 2 rings (SSSR count). The lowest BCUT2D eigenvalue weighted by molar-refractivity contribution is -0.137. The van der Waals surface area contributed by atoms with Crippen molar-refractivity contribution < 1.29 is 14.3 Å². The van der Waals surface area contributed by atoms with E-state index in [1.54, 1.807) is 0 Å². The molecule has 1 heterocycles. The number of carboxylic acid groups (broad SMARTS) is 1. The summed E-state index contributed by atoms with van der Waals surface area (Å²) in [6, 6.07) is 5.85. The molecule has 1 aromatic heterocycles. The predicted octanol–water partition coefficient (Wildman–Crippen LogP) is 2.52. The van der Waals surface area contributed by atoms with Crippen molar-refractivity contribution in [2.45, 2.75) is 19.3 Å². The fourth-order valence-electron chi connectivity index (χ4n) is 1.84. The third-order valence-electron chi connectivity index (χ3n) is 2.89. The molecule has 96 valence electrons. The van der Waals surface area contributed by atoms with Gasteiger partial charge in [-0.15, -0.1) is 0 Å². The maximum atomic E-state index is 10.4. The molecule has 5 heteroatoms. The third kappa shape index (κ3) is 3.00. The van der Waals surface area contributed by atoms with Gasteiger partial charge in [-0.2, -0.15) is 0 Å². The van der Waals surface area contributed by atoms with Crippen LogP contribution in [-0.2, 0) is 4.79 Å². The van der Waals surface area contributed by atoms with Crippen molar-refractivity contribution in [2.75, 3.05) is 18.5 Å². The second-order valence-corrected chi connectivity index (χ2v) is 4.28. The van der Waals surface area contributed by atoms with Crippen molar-refractivity contribution in [1.82, 2.24) is 4.98 Å². The van der Waals surface area contributed by atoms with Gasteiger partial charge < -0.3 is 14.4 Å². The van der Waals surface area contributed by atoms with Crippen LogP contribution in [-0.4, -0.2) is 29.7 Å². The summed E-state index contributed by atoms with van der Waals surface area (Å²) < 4.78 is 5.25. The van der Waals surface area contributed by atoms with Crippen LogP contribution in [0.2, 0.25) is 0 Å². The number of carboxylic acids is 1. The van der Waals surface area contributed by atoms with Crippen LogP contribution in [0, 0.1) is 0 Å². The second kappa shape index (κ2) is 5.53. The summed E-state index contributed by atoms with van der Waals surface area (Å²) in [7, 11) is 1.98. The molecule has 0 saturated heterocycles. The summed E-state index contributed by atoms with van der Waals surface area (Å²) in [6.07, 6.45) is 3.22. The number of hydrogen-bond acceptors (Lipinski definition) is 4. The number of nitrogens with zero attached hydrogens (tertiary/aromatic N) is 2. The topological polar surface area (TPSA) is 66.6 Å². The minimum absolute atomic E-state index is 0.231. The smallest absolute Gasteiger partial charge is 0.303 e. The van der Waals surface area contributed by atoms with Crippen LogP contribution in [0.4, 0.5) is 5.69 Å². The maximum Gasteiger partial charge on any atom is 0.303 e. The Morgan fingerprint density at radius 3 is 3.06 bits per heavy atom. The van der Waals surface area contributed by atoms with Crippen molar-refractivity contribution >= 4 is 22.8 Å². The molecule has 0 fully saturated rings. The standard InChI is InChI=1S/C13H16N2O3/c1-15(7-3-2-4-13(16)17)10-5-6-11-12(8-10)18-9-14-11/h5-6,8-9H,2-4,7H2,1H3,(H,16,17). The summed E-state index contributed by atoms with van der Waals surface area (Å²) in [4.78, 5) is 16.5. The first-order chi connectivity index (χ1) is 8.66. The Morgan fingerprint density at radius 1 is 1.44 bits per heavy atom. The molecule has 0 amide bonds. The normalized spacial score (nSPS) is 10.7. The zero-order chi connectivity index (χ0) is 13.0. The number of aromatic nitrogens is 1. The van der Waals surface area contributed by atoms with Gasteiger partial charge in [-0.1, -0.05) is 0 Å². The van der Waals surface area contributed by atoms with Crippen LogP contribution < -0.4 is 4.90 Å². The van der Waals surface area contributed by atoms with Gasteiger partial charge in [0, 0.05) is 31.8 Å². The van der Waals surface area contributed by atoms with Crippen LogP contribution >= 0.6 is 0 Å². The molecule has 0 saturated carbocycles. The number of oxazole rings is 1. The number of hydrogen-bond donors (Lipinski definition) is 1. The van der Waals surface area contributed by atoms with Gasteiger partial charge in [0.05, 0.1) is 0 Å². The third-order valence-corrected chi connectivity index (χ3v) is 2.89. The average Bonchev–Trinajstić information content (AvgIpc) is 2.81. The van der Waals surface area contributed by atoms with Crippen molar-refractivity contribution in [3.05, 3.63) is 24.6 Å². The summed E-state index contributed by atoms with van der Waals surface area (Å²) in [5.74, 6) is -0.735. The van der Waals surface area contributed by atoms with E-state index in [-0.39, 0.29) is 6.42 Å². The Labute approximate surface area is 105 Å². The summed E-state index contributed by atoms with van der Waals surface area (Å²) >= 11 is 0. The Balaban J connectivity index is 1.91. The molecular formula is C13H16N2O3. The van der Waals surface area contributed by atoms with Crippen molar-refractivity contribution in [3.63, 3.8) is 0 Å². The first kappa shape index (κ1) is 12.4. The molecule has 0 spiro atoms. The van der Waals surface area contributed by atoms with Gasteiger partial charge in [-0.05, 0) is 25.0 Å². The number of rotatable bonds is 6. The van der Waals surface area contributed by atoms with Crippen molar-refractivity contribution in [3.8, 4) is 0 Å². The van der Waals surface area contributed by atoms with Gasteiger partial charge in [0.2, 0.25) is 0 Å². The summed E-state index contributed by atoms with van der Waals surface area (Å²) in [5.41, 5.74) is 2.66. The molecule has 0 atom stereocenters. The van der Waals surface area contributed by atoms with Crippen molar-refractivity contribution in [2.24, 2.45) is 0 Å². The fourth-order valence-corrected chi connectivity index (χ4v) is 1.84. The predicted molar refractivity (Wildman–Crippen MR) is 68.8 cm³/mol. The molecule has 5 nitrogen and oxygen atoms in total. The van der Waals surface area contributed by atoms with Gasteiger partial charge in [0.15, 0.2) is 12.0 Å². The van der Waals surface area contributed by atoms with Crippen LogP contribution in [0.3, 0.4) is 0 Å². The average molecular weight is 248 g/mol. The van der Waals surface area contributed by atoms with Crippen LogP contribution in [0.15, 0.2) is 29.0 Å². The molecular weight excluding hydrogens is 232 g/mol. The molecule has 18 heavy (non-hydrogen) atoms. The number of benzene rings is 1. The number of carbonyl (C=O) groups is 1. The second-order valence-electron chi connectivity index (χ2n) is 4.28. The molecule has 1 aromatic carbocycles. The zero-order valence-electron chi connectivity index (χ0n) is 10.3. The van der Waals surface area contributed by atoms with E-state index in [2.05, 4.69) is 9.88 Å². The highest BCUT2D eigenvalue weighted by Crippen LogP contribution is 2.20. The summed E-state index contributed by atoms with van der Waals surface area (Å²) in [5, 5.41) is 8.56. The van der Waals surface area contributed by atoms with Gasteiger partial charge in [-0.25, -0.2) is 4.98 Å². The highest BCUT2D eigenvalue weighted by atomic mass is 16.4. The molecule has 0 aliphatic rings. The van der Waals surface area contributed by atoms with E-state index in [0.29, 0.717) is 6.42 Å². The van der Waals surface area contributed by atoms with Crippen molar-refractivity contribution in [1.29, 1.82) is 0 Å². The van der Waals surface area contributed by atoms with Crippen LogP contribution in [0.25, 0.3) is 11.1 Å². The Hall–Kier alpha value is -2.04. The zero-order valence-corrected chi connectivity index (χ0v) is 10.3. The first-order valence-electron chi connectivity index (χ1n) is 5.93. The van der Waals surface area contributed by atoms with E-state index in [1.165, 1.54) is 6.39 Å². The maximum absolute atomic E-state index is 10.4. The van der Waals surface area contributed by atoms with Gasteiger partial charge in [0.25, 0.3) is 0 Å². The van der Waals surface area contributed by atoms with E-state index in [1.807, 2.05) is 25.2 Å². The van der Waals surface area contributed by atoms with E-state index < -0.39 is 5.97 Å². The van der Waals surface area contributed by atoms with Gasteiger partial charge >= 0.3 is 5.97 Å². The van der Waals surface area contributed by atoms with E-state index in [0.717, 1.165) is 29.8 Å².